The Balaban J connectivity index is 1.58. The fourth-order valence-corrected chi connectivity index (χ4v) is 3.44. The van der Waals surface area contributed by atoms with Gasteiger partial charge in [0.2, 0.25) is 5.91 Å². The molecule has 1 heterocycles. The molecule has 108 valence electrons. The van der Waals surface area contributed by atoms with Crippen LogP contribution >= 0.6 is 11.3 Å². The van der Waals surface area contributed by atoms with Gasteiger partial charge < -0.3 is 5.32 Å². The lowest BCUT2D eigenvalue weighted by Crippen LogP contribution is -2.36. The monoisotopic (exact) mass is 299 g/mol. The zero-order valence-electron chi connectivity index (χ0n) is 11.7. The standard InChI is InChI=1S/C17H17NO2S/c19-16-11-13(10-12-4-1-2-6-15(12)16)17(20)18-8-7-14-5-3-9-21-14/h1-6,9,13H,7-8,10-11H2,(H,18,20). The third kappa shape index (κ3) is 3.22. The normalized spacial score (nSPS) is 17.3. The van der Waals surface area contributed by atoms with E-state index in [2.05, 4.69) is 11.4 Å². The molecule has 1 unspecified atom stereocenters. The quantitative estimate of drug-likeness (QED) is 0.943. The molecule has 2 aromatic rings. The molecule has 0 saturated carbocycles. The number of ketones is 1. The van der Waals surface area contributed by atoms with Crippen molar-refractivity contribution < 1.29 is 9.59 Å². The molecule has 1 aliphatic carbocycles. The summed E-state index contributed by atoms with van der Waals surface area (Å²) in [5, 5.41) is 4.99. The number of carbonyl (C=O) groups is 2. The molecule has 1 aliphatic rings. The first-order chi connectivity index (χ1) is 10.2. The highest BCUT2D eigenvalue weighted by Crippen LogP contribution is 2.25. The average Bonchev–Trinajstić information content (AvgIpc) is 3.00. The smallest absolute Gasteiger partial charge is 0.223 e. The average molecular weight is 299 g/mol. The van der Waals surface area contributed by atoms with Crippen molar-refractivity contribution in [1.82, 2.24) is 5.32 Å². The van der Waals surface area contributed by atoms with Gasteiger partial charge in [-0.15, -0.1) is 11.3 Å². The lowest BCUT2D eigenvalue weighted by Gasteiger charge is -2.22. The summed E-state index contributed by atoms with van der Waals surface area (Å²) < 4.78 is 0. The number of amides is 1. The number of Topliss-reactive ketones (excluding diaryl/α,β-unsaturated/α-hetero) is 1. The number of hydrogen-bond donors (Lipinski definition) is 1. The van der Waals surface area contributed by atoms with E-state index in [1.165, 1.54) is 4.88 Å². The summed E-state index contributed by atoms with van der Waals surface area (Å²) >= 11 is 1.70. The van der Waals surface area contributed by atoms with Crippen LogP contribution in [0.3, 0.4) is 0 Å². The predicted octanol–water partition coefficient (Wildman–Crippen LogP) is 2.85. The van der Waals surface area contributed by atoms with E-state index in [-0.39, 0.29) is 17.6 Å². The Kier molecular flexibility index (Phi) is 4.15. The van der Waals surface area contributed by atoms with Crippen molar-refractivity contribution in [3.63, 3.8) is 0 Å². The van der Waals surface area contributed by atoms with E-state index in [0.29, 0.717) is 19.4 Å². The second kappa shape index (κ2) is 6.22. The van der Waals surface area contributed by atoms with Crippen LogP contribution in [0.4, 0.5) is 0 Å². The Morgan fingerprint density at radius 2 is 2.05 bits per heavy atom. The molecule has 0 saturated heterocycles. The number of thiophene rings is 1. The van der Waals surface area contributed by atoms with Gasteiger partial charge in [-0.3, -0.25) is 9.59 Å². The molecule has 1 aromatic carbocycles. The molecule has 0 aliphatic heterocycles. The molecular weight excluding hydrogens is 282 g/mol. The van der Waals surface area contributed by atoms with Gasteiger partial charge in [0, 0.05) is 29.3 Å². The van der Waals surface area contributed by atoms with Crippen LogP contribution in [-0.4, -0.2) is 18.2 Å². The zero-order valence-corrected chi connectivity index (χ0v) is 12.5. The van der Waals surface area contributed by atoms with Gasteiger partial charge in [0.1, 0.15) is 0 Å². The van der Waals surface area contributed by atoms with Crippen molar-refractivity contribution in [1.29, 1.82) is 0 Å². The molecule has 0 bridgehead atoms. The molecule has 1 amide bonds. The molecule has 1 atom stereocenters. The van der Waals surface area contributed by atoms with E-state index in [9.17, 15) is 9.59 Å². The lowest BCUT2D eigenvalue weighted by atomic mass is 9.82. The van der Waals surface area contributed by atoms with Crippen molar-refractivity contribution in [2.75, 3.05) is 6.54 Å². The second-order valence-corrected chi connectivity index (χ2v) is 6.34. The number of carbonyl (C=O) groups excluding carboxylic acids is 2. The minimum Gasteiger partial charge on any atom is -0.355 e. The van der Waals surface area contributed by atoms with Crippen molar-refractivity contribution in [3.05, 3.63) is 57.8 Å². The summed E-state index contributed by atoms with van der Waals surface area (Å²) in [5.41, 5.74) is 1.77. The van der Waals surface area contributed by atoms with Crippen LogP contribution < -0.4 is 5.32 Å². The maximum atomic E-state index is 12.2. The van der Waals surface area contributed by atoms with Crippen LogP contribution in [0.5, 0.6) is 0 Å². The van der Waals surface area contributed by atoms with E-state index < -0.39 is 0 Å². The van der Waals surface area contributed by atoms with Gasteiger partial charge in [-0.2, -0.15) is 0 Å². The summed E-state index contributed by atoms with van der Waals surface area (Å²) in [6.45, 7) is 0.631. The van der Waals surface area contributed by atoms with Crippen LogP contribution in [0.1, 0.15) is 27.2 Å². The van der Waals surface area contributed by atoms with Gasteiger partial charge in [0.15, 0.2) is 5.78 Å². The number of benzene rings is 1. The number of rotatable bonds is 4. The van der Waals surface area contributed by atoms with Gasteiger partial charge in [0.25, 0.3) is 0 Å². The SMILES string of the molecule is O=C1CC(C(=O)NCCc2cccs2)Cc2ccccc21. The van der Waals surface area contributed by atoms with E-state index in [0.717, 1.165) is 17.5 Å². The maximum Gasteiger partial charge on any atom is 0.223 e. The first kappa shape index (κ1) is 14.0. The Hall–Kier alpha value is -1.94. The van der Waals surface area contributed by atoms with E-state index in [1.54, 1.807) is 11.3 Å². The Morgan fingerprint density at radius 3 is 2.86 bits per heavy atom. The van der Waals surface area contributed by atoms with Crippen LogP contribution in [0.25, 0.3) is 0 Å². The first-order valence-corrected chi connectivity index (χ1v) is 8.03. The topological polar surface area (TPSA) is 46.2 Å². The van der Waals surface area contributed by atoms with Gasteiger partial charge in [-0.25, -0.2) is 0 Å². The molecule has 0 fully saturated rings. The number of hydrogen-bond acceptors (Lipinski definition) is 3. The maximum absolute atomic E-state index is 12.2. The van der Waals surface area contributed by atoms with Gasteiger partial charge in [-0.1, -0.05) is 30.3 Å². The first-order valence-electron chi connectivity index (χ1n) is 7.15. The van der Waals surface area contributed by atoms with Crippen molar-refractivity contribution >= 4 is 23.0 Å². The molecule has 0 spiro atoms. The van der Waals surface area contributed by atoms with E-state index in [1.807, 2.05) is 35.7 Å². The third-order valence-corrected chi connectivity index (χ3v) is 4.77. The van der Waals surface area contributed by atoms with Gasteiger partial charge >= 0.3 is 0 Å². The summed E-state index contributed by atoms with van der Waals surface area (Å²) in [6.07, 6.45) is 1.83. The summed E-state index contributed by atoms with van der Waals surface area (Å²) in [4.78, 5) is 25.6. The lowest BCUT2D eigenvalue weighted by molar-refractivity contribution is -0.125. The van der Waals surface area contributed by atoms with Crippen LogP contribution in [0.2, 0.25) is 0 Å². The zero-order chi connectivity index (χ0) is 14.7. The highest BCUT2D eigenvalue weighted by Gasteiger charge is 2.29. The minimum atomic E-state index is -0.226. The molecular formula is C17H17NO2S. The largest absolute Gasteiger partial charge is 0.355 e. The molecule has 21 heavy (non-hydrogen) atoms. The summed E-state index contributed by atoms with van der Waals surface area (Å²) in [6, 6.07) is 11.7. The molecule has 3 nitrogen and oxygen atoms in total. The highest BCUT2D eigenvalue weighted by molar-refractivity contribution is 7.09. The van der Waals surface area contributed by atoms with Crippen LogP contribution in [0, 0.1) is 5.92 Å². The van der Waals surface area contributed by atoms with Crippen molar-refractivity contribution in [2.24, 2.45) is 5.92 Å². The molecule has 0 radical (unpaired) electrons. The minimum absolute atomic E-state index is 0.00518. The predicted molar refractivity (Wildman–Crippen MR) is 83.6 cm³/mol. The molecule has 4 heteroatoms. The fourth-order valence-electron chi connectivity index (χ4n) is 2.74. The van der Waals surface area contributed by atoms with E-state index >= 15 is 0 Å². The Bertz CT molecular complexity index is 649. The third-order valence-electron chi connectivity index (χ3n) is 3.84. The number of fused-ring (bicyclic) bond motifs is 1. The van der Waals surface area contributed by atoms with Gasteiger partial charge in [0.05, 0.1) is 0 Å². The Labute approximate surface area is 128 Å². The van der Waals surface area contributed by atoms with Gasteiger partial charge in [-0.05, 0) is 29.9 Å². The molecule has 1 aromatic heterocycles. The number of nitrogens with one attached hydrogen (secondary N) is 1. The Morgan fingerprint density at radius 1 is 1.19 bits per heavy atom. The van der Waals surface area contributed by atoms with Crippen LogP contribution in [-0.2, 0) is 17.6 Å². The van der Waals surface area contributed by atoms with Crippen LogP contribution in [0.15, 0.2) is 41.8 Å². The highest BCUT2D eigenvalue weighted by atomic mass is 32.1. The second-order valence-electron chi connectivity index (χ2n) is 5.31. The van der Waals surface area contributed by atoms with Crippen molar-refractivity contribution in [2.45, 2.75) is 19.3 Å². The summed E-state index contributed by atoms with van der Waals surface area (Å²) in [7, 11) is 0. The van der Waals surface area contributed by atoms with E-state index in [4.69, 9.17) is 0 Å². The molecule has 1 N–H and O–H groups in total. The summed E-state index contributed by atoms with van der Waals surface area (Å²) in [5.74, 6) is -0.152. The molecule has 3 rings (SSSR count). The fraction of sp³-hybridized carbons (Fsp3) is 0.294. The van der Waals surface area contributed by atoms with Crippen molar-refractivity contribution in [3.8, 4) is 0 Å².